The summed E-state index contributed by atoms with van der Waals surface area (Å²) in [5, 5.41) is 8.18. The number of para-hydroxylation sites is 1. The van der Waals surface area contributed by atoms with Crippen molar-refractivity contribution in [1.29, 1.82) is 0 Å². The molecule has 7 nitrogen and oxygen atoms in total. The quantitative estimate of drug-likeness (QED) is 0.189. The molecule has 3 N–H and O–H groups in total. The molecule has 0 bridgehead atoms. The number of carbonyl (C=O) groups is 1. The lowest BCUT2D eigenvalue weighted by molar-refractivity contribution is -0.117. The predicted octanol–water partition coefficient (Wildman–Crippen LogP) is 4.30. The van der Waals surface area contributed by atoms with Crippen LogP contribution in [0.1, 0.15) is 11.3 Å². The average Bonchev–Trinajstić information content (AvgIpc) is 3.01. The molecule has 1 aromatic heterocycles. The van der Waals surface area contributed by atoms with Crippen LogP contribution < -0.4 is 21.5 Å². The van der Waals surface area contributed by atoms with Gasteiger partial charge in [0, 0.05) is 13.1 Å². The van der Waals surface area contributed by atoms with Crippen molar-refractivity contribution < 1.29 is 4.79 Å². The molecule has 0 radical (unpaired) electrons. The van der Waals surface area contributed by atoms with E-state index in [1.54, 1.807) is 24.7 Å². The van der Waals surface area contributed by atoms with Crippen molar-refractivity contribution in [3.63, 3.8) is 0 Å². The van der Waals surface area contributed by atoms with Crippen LogP contribution in [0.25, 0.3) is 11.8 Å². The first-order valence-corrected chi connectivity index (χ1v) is 11.6. The number of benzene rings is 2. The van der Waals surface area contributed by atoms with Gasteiger partial charge in [0.15, 0.2) is 5.11 Å². The minimum Gasteiger partial charge on any atom is -0.339 e. The zero-order valence-electron chi connectivity index (χ0n) is 18.3. The molecule has 0 unspecified atom stereocenters. The molecule has 0 saturated carbocycles. The Bertz CT molecular complexity index is 1250. The van der Waals surface area contributed by atoms with Crippen LogP contribution in [0.4, 0.5) is 5.69 Å². The van der Waals surface area contributed by atoms with Crippen LogP contribution in [0.2, 0.25) is 0 Å². The maximum absolute atomic E-state index is 13.1. The Labute approximate surface area is 217 Å². The topological polar surface area (TPSA) is 80.1 Å². The number of hydrogen-bond donors (Lipinski definition) is 3. The van der Waals surface area contributed by atoms with Crippen molar-refractivity contribution in [1.82, 2.24) is 20.0 Å². The van der Waals surface area contributed by atoms with Crippen LogP contribution in [-0.2, 0) is 11.8 Å². The van der Waals surface area contributed by atoms with Gasteiger partial charge in [-0.2, -0.15) is 0 Å². The molecule has 0 aliphatic rings. The zero-order valence-corrected chi connectivity index (χ0v) is 21.3. The molecule has 3 aromatic rings. The summed E-state index contributed by atoms with van der Waals surface area (Å²) in [6.45, 7) is 1.77. The molecule has 11 heteroatoms. The number of rotatable bonds is 6. The maximum Gasteiger partial charge on any atom is 0.295 e. The Balaban J connectivity index is 1.74. The summed E-state index contributed by atoms with van der Waals surface area (Å²) in [4.78, 5) is 25.5. The first kappa shape index (κ1) is 25.8. The third-order valence-electron chi connectivity index (χ3n) is 4.91. The zero-order chi connectivity index (χ0) is 24.9. The lowest BCUT2D eigenvalue weighted by Crippen LogP contribution is -2.56. The van der Waals surface area contributed by atoms with E-state index >= 15 is 0 Å². The molecule has 34 heavy (non-hydrogen) atoms. The number of hydrogen-bond acceptors (Lipinski definition) is 3. The van der Waals surface area contributed by atoms with Crippen LogP contribution in [0.3, 0.4) is 0 Å². The van der Waals surface area contributed by atoms with Crippen LogP contribution in [0.15, 0.2) is 71.5 Å². The van der Waals surface area contributed by atoms with Crippen LogP contribution >= 0.6 is 47.0 Å². The molecule has 0 fully saturated rings. The number of nitrogens with zero attached hydrogens (tertiary/aromatic N) is 2. The van der Waals surface area contributed by atoms with Gasteiger partial charge in [-0.05, 0) is 42.9 Å². The van der Waals surface area contributed by atoms with E-state index in [0.29, 0.717) is 11.4 Å². The normalized spacial score (nSPS) is 12.4. The molecule has 1 heterocycles. The summed E-state index contributed by atoms with van der Waals surface area (Å²) in [7, 11) is 1.76. The van der Waals surface area contributed by atoms with E-state index in [-0.39, 0.29) is 16.4 Å². The number of anilines is 1. The molecule has 0 aliphatic heterocycles. The number of halogens is 3. The predicted molar refractivity (Wildman–Crippen MR) is 143 cm³/mol. The van der Waals surface area contributed by atoms with Gasteiger partial charge in [-0.1, -0.05) is 83.3 Å². The third kappa shape index (κ3) is 6.42. The lowest BCUT2D eigenvalue weighted by atomic mass is 10.2. The van der Waals surface area contributed by atoms with Gasteiger partial charge < -0.3 is 16.0 Å². The van der Waals surface area contributed by atoms with Gasteiger partial charge in [-0.3, -0.25) is 14.3 Å². The van der Waals surface area contributed by atoms with E-state index in [1.807, 2.05) is 60.7 Å². The summed E-state index contributed by atoms with van der Waals surface area (Å²) in [5.41, 5.74) is 2.11. The number of aromatic nitrogens is 2. The summed E-state index contributed by atoms with van der Waals surface area (Å²) in [6.07, 6.45) is 1.77. The van der Waals surface area contributed by atoms with Crippen LogP contribution in [-0.4, -0.2) is 30.3 Å². The minimum atomic E-state index is -1.93. The van der Waals surface area contributed by atoms with E-state index in [1.165, 1.54) is 10.8 Å². The Morgan fingerprint density at radius 1 is 1.03 bits per heavy atom. The monoisotopic (exact) mass is 537 g/mol. The number of nitrogens with one attached hydrogen (secondary N) is 3. The maximum atomic E-state index is 13.1. The lowest BCUT2D eigenvalue weighted by Gasteiger charge is -2.27. The number of alkyl halides is 3. The second-order valence-corrected chi connectivity index (χ2v) is 10.0. The van der Waals surface area contributed by atoms with E-state index in [4.69, 9.17) is 47.0 Å². The van der Waals surface area contributed by atoms with E-state index in [0.717, 1.165) is 5.56 Å². The van der Waals surface area contributed by atoms with E-state index in [2.05, 4.69) is 16.0 Å². The molecule has 0 spiro atoms. The van der Waals surface area contributed by atoms with Gasteiger partial charge in [0.2, 0.25) is 9.70 Å². The molecular weight excluding hydrogens is 517 g/mol. The first-order chi connectivity index (χ1) is 16.1. The van der Waals surface area contributed by atoms with Crippen LogP contribution in [0, 0.1) is 6.92 Å². The fourth-order valence-corrected chi connectivity index (χ4v) is 3.67. The van der Waals surface area contributed by atoms with Crippen LogP contribution in [0.5, 0.6) is 0 Å². The summed E-state index contributed by atoms with van der Waals surface area (Å²) in [6, 6.07) is 18.4. The molecule has 0 saturated heterocycles. The highest BCUT2D eigenvalue weighted by molar-refractivity contribution is 7.80. The van der Waals surface area contributed by atoms with E-state index < -0.39 is 15.9 Å². The minimum absolute atomic E-state index is 0.00493. The number of amides is 1. The standard InChI is InChI=1S/C23H22Cl3N5O2S/c1-15-19(20(33)31(30(15)2)17-11-7-4-8-12-17)28-22(34)29-21(23(24,25)26)27-18(32)14-13-16-9-5-3-6-10-16/h3-14,21H,1-2H3,(H,27,32)(H2,28,29,34)/b14-13+/t21-/m0/s1. The molecule has 1 atom stereocenters. The van der Waals surface area contributed by atoms with Crippen molar-refractivity contribution in [2.75, 3.05) is 5.32 Å². The van der Waals surface area contributed by atoms with Gasteiger partial charge in [0.1, 0.15) is 11.9 Å². The number of carbonyl (C=O) groups excluding carboxylic acids is 1. The molecule has 178 valence electrons. The highest BCUT2D eigenvalue weighted by Gasteiger charge is 2.34. The molecule has 2 aromatic carbocycles. The Morgan fingerprint density at radius 3 is 2.21 bits per heavy atom. The van der Waals surface area contributed by atoms with E-state index in [9.17, 15) is 9.59 Å². The highest BCUT2D eigenvalue weighted by atomic mass is 35.6. The van der Waals surface area contributed by atoms with Gasteiger partial charge in [-0.25, -0.2) is 4.68 Å². The smallest absolute Gasteiger partial charge is 0.295 e. The Morgan fingerprint density at radius 2 is 1.62 bits per heavy atom. The second-order valence-electron chi connectivity index (χ2n) is 7.26. The molecule has 3 rings (SSSR count). The van der Waals surface area contributed by atoms with Gasteiger partial charge in [-0.15, -0.1) is 0 Å². The fraction of sp³-hybridized carbons (Fsp3) is 0.174. The van der Waals surface area contributed by atoms with Gasteiger partial charge >= 0.3 is 0 Å². The Hall–Kier alpha value is -2.78. The van der Waals surface area contributed by atoms with Gasteiger partial charge in [0.25, 0.3) is 5.56 Å². The highest BCUT2D eigenvalue weighted by Crippen LogP contribution is 2.29. The largest absolute Gasteiger partial charge is 0.339 e. The summed E-state index contributed by atoms with van der Waals surface area (Å²) in [5.74, 6) is -0.502. The molecule has 0 aliphatic carbocycles. The summed E-state index contributed by atoms with van der Waals surface area (Å²) < 4.78 is 1.27. The van der Waals surface area contributed by atoms with Crippen molar-refractivity contribution in [3.05, 3.63) is 88.4 Å². The second kappa shape index (κ2) is 11.1. The van der Waals surface area contributed by atoms with Crippen molar-refractivity contribution in [2.45, 2.75) is 16.9 Å². The van der Waals surface area contributed by atoms with Gasteiger partial charge in [0.05, 0.1) is 11.4 Å². The average molecular weight is 539 g/mol. The van der Waals surface area contributed by atoms with Crippen molar-refractivity contribution >= 4 is 69.8 Å². The fourth-order valence-electron chi connectivity index (χ4n) is 3.12. The SMILES string of the molecule is Cc1c(NC(=S)N[C@H](NC(=O)/C=C/c2ccccc2)C(Cl)(Cl)Cl)c(=O)n(-c2ccccc2)n1C. The summed E-state index contributed by atoms with van der Waals surface area (Å²) >= 11 is 23.5. The molecule has 1 amide bonds. The van der Waals surface area contributed by atoms with Crippen molar-refractivity contribution in [3.8, 4) is 5.69 Å². The van der Waals surface area contributed by atoms with Crippen molar-refractivity contribution in [2.24, 2.45) is 7.05 Å². The third-order valence-corrected chi connectivity index (χ3v) is 5.78. The molecular formula is C23H22Cl3N5O2S. The number of thiocarbonyl (C=S) groups is 1. The first-order valence-electron chi connectivity index (χ1n) is 10.1. The Kier molecular flexibility index (Phi) is 8.43.